The lowest BCUT2D eigenvalue weighted by molar-refractivity contribution is 0.617. The summed E-state index contributed by atoms with van der Waals surface area (Å²) in [5.41, 5.74) is 0.925. The third-order valence-corrected chi connectivity index (χ3v) is 3.16. The summed E-state index contributed by atoms with van der Waals surface area (Å²) in [5, 5.41) is 3.37. The molecule has 2 heterocycles. The van der Waals surface area contributed by atoms with Gasteiger partial charge in [0.25, 0.3) is 5.56 Å². The Kier molecular flexibility index (Phi) is 2.09. The van der Waals surface area contributed by atoms with Gasteiger partial charge in [0.15, 0.2) is 0 Å². The zero-order valence-electron chi connectivity index (χ0n) is 8.62. The highest BCUT2D eigenvalue weighted by Gasteiger charge is 2.27. The molecule has 0 spiro atoms. The summed E-state index contributed by atoms with van der Waals surface area (Å²) in [6.07, 6.45) is 4.62. The van der Waals surface area contributed by atoms with Crippen LogP contribution in [0.2, 0.25) is 0 Å². The maximum absolute atomic E-state index is 11.5. The largest absolute Gasteiger partial charge is 0.310 e. The number of aromatic nitrogens is 2. The molecule has 15 heavy (non-hydrogen) atoms. The van der Waals surface area contributed by atoms with E-state index in [4.69, 9.17) is 0 Å². The third-order valence-electron chi connectivity index (χ3n) is 3.16. The molecule has 2 N–H and O–H groups in total. The number of nitrogens with one attached hydrogen (secondary N) is 2. The zero-order chi connectivity index (χ0) is 10.3. The fourth-order valence-electron chi connectivity index (χ4n) is 2.16. The maximum atomic E-state index is 11.5. The van der Waals surface area contributed by atoms with Gasteiger partial charge in [-0.05, 0) is 32.2 Å². The smallest absolute Gasteiger partial charge is 0.251 e. The van der Waals surface area contributed by atoms with Gasteiger partial charge in [-0.25, -0.2) is 4.98 Å². The first kappa shape index (κ1) is 9.09. The van der Waals surface area contributed by atoms with Crippen molar-refractivity contribution in [2.45, 2.75) is 37.6 Å². The molecule has 2 aliphatic rings. The molecule has 1 aliphatic heterocycles. The number of hydrogen-bond donors (Lipinski definition) is 2. The normalized spacial score (nSPS) is 25.7. The van der Waals surface area contributed by atoms with Crippen molar-refractivity contribution in [3.05, 3.63) is 27.9 Å². The third kappa shape index (κ3) is 1.81. The Hall–Kier alpha value is -1.16. The van der Waals surface area contributed by atoms with E-state index in [1.54, 1.807) is 6.07 Å². The summed E-state index contributed by atoms with van der Waals surface area (Å²) in [7, 11) is 0. The van der Waals surface area contributed by atoms with Crippen LogP contribution in [0.4, 0.5) is 0 Å². The predicted molar refractivity (Wildman–Crippen MR) is 56.8 cm³/mol. The molecule has 80 valence electrons. The Morgan fingerprint density at radius 3 is 2.87 bits per heavy atom. The first-order chi connectivity index (χ1) is 7.33. The molecular weight excluding hydrogens is 190 g/mol. The van der Waals surface area contributed by atoms with Gasteiger partial charge in [0, 0.05) is 18.0 Å². The van der Waals surface area contributed by atoms with Crippen LogP contribution < -0.4 is 10.9 Å². The van der Waals surface area contributed by atoms with E-state index >= 15 is 0 Å². The van der Waals surface area contributed by atoms with E-state index in [9.17, 15) is 4.79 Å². The van der Waals surface area contributed by atoms with Crippen LogP contribution >= 0.6 is 0 Å². The molecule has 4 nitrogen and oxygen atoms in total. The average molecular weight is 205 g/mol. The van der Waals surface area contributed by atoms with E-state index in [0.29, 0.717) is 12.0 Å². The molecule has 0 aromatic carbocycles. The summed E-state index contributed by atoms with van der Waals surface area (Å²) < 4.78 is 0. The minimum absolute atomic E-state index is 0.00407. The first-order valence-corrected chi connectivity index (χ1v) is 5.67. The quantitative estimate of drug-likeness (QED) is 0.759. The SMILES string of the molecule is O=c1cc([C@@H]2CCCN2)nc(C2CC2)[nH]1. The van der Waals surface area contributed by atoms with Crippen LogP contribution in [0.3, 0.4) is 0 Å². The fourth-order valence-corrected chi connectivity index (χ4v) is 2.16. The van der Waals surface area contributed by atoms with Gasteiger partial charge in [0.1, 0.15) is 5.82 Å². The summed E-state index contributed by atoms with van der Waals surface area (Å²) in [6.45, 7) is 1.04. The van der Waals surface area contributed by atoms with Crippen LogP contribution in [-0.2, 0) is 0 Å². The van der Waals surface area contributed by atoms with Crippen LogP contribution in [0.5, 0.6) is 0 Å². The van der Waals surface area contributed by atoms with Crippen LogP contribution in [0.25, 0.3) is 0 Å². The molecular formula is C11H15N3O. The second-order valence-electron chi connectivity index (χ2n) is 4.48. The lowest BCUT2D eigenvalue weighted by Crippen LogP contribution is -2.19. The number of aromatic amines is 1. The number of H-pyrrole nitrogens is 1. The predicted octanol–water partition coefficient (Wildman–Crippen LogP) is 1.07. The van der Waals surface area contributed by atoms with Crippen molar-refractivity contribution in [2.75, 3.05) is 6.54 Å². The highest BCUT2D eigenvalue weighted by atomic mass is 16.1. The molecule has 1 saturated carbocycles. The van der Waals surface area contributed by atoms with Crippen molar-refractivity contribution in [1.29, 1.82) is 0 Å². The molecule has 0 bridgehead atoms. The van der Waals surface area contributed by atoms with Crippen molar-refractivity contribution < 1.29 is 0 Å². The molecule has 0 radical (unpaired) electrons. The van der Waals surface area contributed by atoms with Gasteiger partial charge in [-0.1, -0.05) is 0 Å². The zero-order valence-corrected chi connectivity index (χ0v) is 8.62. The summed E-state index contributed by atoms with van der Waals surface area (Å²) in [5.74, 6) is 1.41. The Morgan fingerprint density at radius 1 is 1.33 bits per heavy atom. The van der Waals surface area contributed by atoms with Crippen molar-refractivity contribution in [1.82, 2.24) is 15.3 Å². The monoisotopic (exact) mass is 205 g/mol. The molecule has 1 saturated heterocycles. The van der Waals surface area contributed by atoms with Gasteiger partial charge in [0.05, 0.1) is 5.69 Å². The first-order valence-electron chi connectivity index (χ1n) is 5.67. The van der Waals surface area contributed by atoms with E-state index in [1.807, 2.05) is 0 Å². The Bertz CT molecular complexity index is 416. The minimum Gasteiger partial charge on any atom is -0.310 e. The average Bonchev–Trinajstić information content (AvgIpc) is 2.93. The summed E-state index contributed by atoms with van der Waals surface area (Å²) in [6, 6.07) is 1.93. The van der Waals surface area contributed by atoms with Crippen molar-refractivity contribution in [2.24, 2.45) is 0 Å². The lowest BCUT2D eigenvalue weighted by Gasteiger charge is -2.10. The summed E-state index contributed by atoms with van der Waals surface area (Å²) >= 11 is 0. The molecule has 2 fully saturated rings. The van der Waals surface area contributed by atoms with Gasteiger partial charge < -0.3 is 10.3 Å². The lowest BCUT2D eigenvalue weighted by atomic mass is 10.1. The van der Waals surface area contributed by atoms with E-state index in [2.05, 4.69) is 15.3 Å². The highest BCUT2D eigenvalue weighted by molar-refractivity contribution is 5.13. The van der Waals surface area contributed by atoms with Crippen molar-refractivity contribution in [3.63, 3.8) is 0 Å². The van der Waals surface area contributed by atoms with Crippen LogP contribution in [0.15, 0.2) is 10.9 Å². The Balaban J connectivity index is 1.95. The van der Waals surface area contributed by atoms with Crippen LogP contribution in [-0.4, -0.2) is 16.5 Å². The van der Waals surface area contributed by atoms with Gasteiger partial charge >= 0.3 is 0 Å². The molecule has 1 aromatic rings. The van der Waals surface area contributed by atoms with Gasteiger partial charge in [-0.3, -0.25) is 4.79 Å². The van der Waals surface area contributed by atoms with E-state index in [0.717, 1.165) is 24.5 Å². The summed E-state index contributed by atoms with van der Waals surface area (Å²) in [4.78, 5) is 18.9. The fraction of sp³-hybridized carbons (Fsp3) is 0.636. The Morgan fingerprint density at radius 2 is 2.20 bits per heavy atom. The van der Waals surface area contributed by atoms with Crippen molar-refractivity contribution in [3.8, 4) is 0 Å². The van der Waals surface area contributed by atoms with Crippen molar-refractivity contribution >= 4 is 0 Å². The van der Waals surface area contributed by atoms with E-state index in [1.165, 1.54) is 19.3 Å². The highest BCUT2D eigenvalue weighted by Crippen LogP contribution is 2.37. The number of rotatable bonds is 2. The molecule has 3 rings (SSSR count). The molecule has 0 unspecified atom stereocenters. The molecule has 4 heteroatoms. The van der Waals surface area contributed by atoms with Gasteiger partial charge in [-0.15, -0.1) is 0 Å². The van der Waals surface area contributed by atoms with Gasteiger partial charge in [0.2, 0.25) is 0 Å². The van der Waals surface area contributed by atoms with Crippen LogP contribution in [0.1, 0.15) is 49.2 Å². The van der Waals surface area contributed by atoms with E-state index < -0.39 is 0 Å². The number of nitrogens with zero attached hydrogens (tertiary/aromatic N) is 1. The molecule has 1 atom stereocenters. The van der Waals surface area contributed by atoms with Gasteiger partial charge in [-0.2, -0.15) is 0 Å². The standard InChI is InChI=1S/C11H15N3O/c15-10-6-9(8-2-1-5-12-8)13-11(14-10)7-3-4-7/h6-8,12H,1-5H2,(H,13,14,15)/t8-/m0/s1. The molecule has 1 aliphatic carbocycles. The molecule has 1 aromatic heterocycles. The van der Waals surface area contributed by atoms with E-state index in [-0.39, 0.29) is 5.56 Å². The Labute approximate surface area is 88.1 Å². The second-order valence-corrected chi connectivity index (χ2v) is 4.48. The van der Waals surface area contributed by atoms with Crippen LogP contribution in [0, 0.1) is 0 Å². The topological polar surface area (TPSA) is 57.8 Å². The maximum Gasteiger partial charge on any atom is 0.251 e. The minimum atomic E-state index is -0.00407. The molecule has 0 amide bonds. The number of hydrogen-bond acceptors (Lipinski definition) is 3. The second kappa shape index (κ2) is 3.45.